The Hall–Kier alpha value is -2.32. The molecular weight excluding hydrogens is 308 g/mol. The maximum Gasteiger partial charge on any atom is 0.351 e. The first-order chi connectivity index (χ1) is 11.6. The predicted octanol–water partition coefficient (Wildman–Crippen LogP) is -0.0223. The molecule has 0 saturated carbocycles. The monoisotopic (exact) mass is 330 g/mol. The zero-order valence-electron chi connectivity index (χ0n) is 13.4. The van der Waals surface area contributed by atoms with Gasteiger partial charge in [-0.2, -0.15) is 4.98 Å². The summed E-state index contributed by atoms with van der Waals surface area (Å²) in [5.41, 5.74) is 11.2. The lowest BCUT2D eigenvalue weighted by Gasteiger charge is -2.15. The molecule has 3 atom stereocenters. The van der Waals surface area contributed by atoms with Crippen LogP contribution in [0.15, 0.2) is 11.0 Å². The molecule has 128 valence electrons. The fourth-order valence-corrected chi connectivity index (χ4v) is 2.48. The number of unbranched alkanes of at least 4 members (excludes halogenated alkanes) is 3. The molecule has 1 aliphatic heterocycles. The average molecular weight is 330 g/mol. The van der Waals surface area contributed by atoms with Crippen molar-refractivity contribution < 1.29 is 9.84 Å². The Morgan fingerprint density at radius 2 is 2.21 bits per heavy atom. The van der Waals surface area contributed by atoms with Crippen LogP contribution in [0.5, 0.6) is 0 Å². The number of hydrogen-bond donors (Lipinski definition) is 3. The molecule has 0 bridgehead atoms. The minimum atomic E-state index is -0.713. The van der Waals surface area contributed by atoms with E-state index in [2.05, 4.69) is 22.7 Å². The Bertz CT molecular complexity index is 726. The number of hydrogen-bond acceptors (Lipinski definition) is 6. The molecule has 0 amide bonds. The van der Waals surface area contributed by atoms with Crippen molar-refractivity contribution in [3.8, 4) is 24.2 Å². The van der Waals surface area contributed by atoms with E-state index < -0.39 is 24.1 Å². The van der Waals surface area contributed by atoms with Gasteiger partial charge in [0.05, 0.1) is 17.8 Å². The molecule has 1 fully saturated rings. The van der Waals surface area contributed by atoms with Crippen molar-refractivity contribution in [2.24, 2.45) is 5.73 Å². The fourth-order valence-electron chi connectivity index (χ4n) is 2.48. The van der Waals surface area contributed by atoms with Crippen LogP contribution >= 0.6 is 0 Å². The standard InChI is InChI=1S/C17H22N4O3/c1-2-3-4-5-6-7-8-12-11-21(17(23)20-16(12)19)15-9-13(22)14(10-18)24-15/h1,11,13-15,22H,3-6,9-10,18H2,(H2,19,20,23)/t13?,14-,15-/m1/s1. The number of rotatable bonds is 5. The third-order valence-corrected chi connectivity index (χ3v) is 3.82. The number of ether oxygens (including phenoxy) is 1. The van der Waals surface area contributed by atoms with E-state index in [0.29, 0.717) is 12.0 Å². The Kier molecular flexibility index (Phi) is 6.39. The molecule has 2 heterocycles. The van der Waals surface area contributed by atoms with Crippen LogP contribution in [-0.2, 0) is 4.74 Å². The predicted molar refractivity (Wildman–Crippen MR) is 90.7 cm³/mol. The van der Waals surface area contributed by atoms with Crippen LogP contribution in [0.1, 0.15) is 43.9 Å². The van der Waals surface area contributed by atoms with Crippen LogP contribution in [-0.4, -0.2) is 33.4 Å². The molecule has 1 unspecified atom stereocenters. The number of aliphatic hydroxyl groups is 1. The fraction of sp³-hybridized carbons (Fsp3) is 0.529. The van der Waals surface area contributed by atoms with Crippen LogP contribution in [0.2, 0.25) is 0 Å². The summed E-state index contributed by atoms with van der Waals surface area (Å²) in [7, 11) is 0. The van der Waals surface area contributed by atoms with Crippen molar-refractivity contribution in [3.63, 3.8) is 0 Å². The maximum atomic E-state index is 12.0. The van der Waals surface area contributed by atoms with E-state index in [4.69, 9.17) is 22.6 Å². The second-order valence-electron chi connectivity index (χ2n) is 5.61. The van der Waals surface area contributed by atoms with Gasteiger partial charge in [0.25, 0.3) is 0 Å². The summed E-state index contributed by atoms with van der Waals surface area (Å²) >= 11 is 0. The lowest BCUT2D eigenvalue weighted by Crippen LogP contribution is -2.30. The number of terminal acetylenes is 1. The maximum absolute atomic E-state index is 12.0. The number of aromatic nitrogens is 2. The SMILES string of the molecule is C#CCCCCC#Cc1cn([C@H]2CC(O)[C@@H](CN)O2)c(=O)nc1N. The molecule has 0 aliphatic carbocycles. The molecule has 7 heteroatoms. The number of aliphatic hydroxyl groups excluding tert-OH is 1. The number of anilines is 1. The van der Waals surface area contributed by atoms with Gasteiger partial charge in [-0.3, -0.25) is 4.57 Å². The van der Waals surface area contributed by atoms with Gasteiger partial charge < -0.3 is 21.3 Å². The van der Waals surface area contributed by atoms with E-state index in [1.807, 2.05) is 0 Å². The largest absolute Gasteiger partial charge is 0.390 e. The van der Waals surface area contributed by atoms with Crippen molar-refractivity contribution in [2.75, 3.05) is 12.3 Å². The molecule has 2 rings (SSSR count). The van der Waals surface area contributed by atoms with Gasteiger partial charge in [0.2, 0.25) is 0 Å². The van der Waals surface area contributed by atoms with Crippen LogP contribution in [0, 0.1) is 24.2 Å². The van der Waals surface area contributed by atoms with Gasteiger partial charge in [-0.25, -0.2) is 4.79 Å². The topological polar surface area (TPSA) is 116 Å². The zero-order chi connectivity index (χ0) is 17.5. The highest BCUT2D eigenvalue weighted by Gasteiger charge is 2.34. The Morgan fingerprint density at radius 3 is 2.88 bits per heavy atom. The second-order valence-corrected chi connectivity index (χ2v) is 5.61. The average Bonchev–Trinajstić information content (AvgIpc) is 2.93. The first kappa shape index (κ1) is 18.0. The smallest absolute Gasteiger partial charge is 0.351 e. The third kappa shape index (κ3) is 4.36. The number of nitrogens with two attached hydrogens (primary N) is 2. The van der Waals surface area contributed by atoms with Gasteiger partial charge in [0.1, 0.15) is 12.0 Å². The summed E-state index contributed by atoms with van der Waals surface area (Å²) in [4.78, 5) is 15.8. The summed E-state index contributed by atoms with van der Waals surface area (Å²) in [6.45, 7) is 0.180. The van der Waals surface area contributed by atoms with Crippen LogP contribution < -0.4 is 17.2 Å². The Balaban J connectivity index is 2.13. The highest BCUT2D eigenvalue weighted by molar-refractivity contribution is 5.48. The molecule has 24 heavy (non-hydrogen) atoms. The first-order valence-electron chi connectivity index (χ1n) is 7.91. The molecule has 0 spiro atoms. The second kappa shape index (κ2) is 8.51. The van der Waals surface area contributed by atoms with Crippen LogP contribution in [0.25, 0.3) is 0 Å². The van der Waals surface area contributed by atoms with E-state index in [-0.39, 0.29) is 18.8 Å². The van der Waals surface area contributed by atoms with Crippen molar-refractivity contribution in [1.82, 2.24) is 9.55 Å². The molecule has 0 radical (unpaired) electrons. The van der Waals surface area contributed by atoms with Crippen molar-refractivity contribution in [2.45, 2.75) is 50.5 Å². The highest BCUT2D eigenvalue weighted by Crippen LogP contribution is 2.27. The third-order valence-electron chi connectivity index (χ3n) is 3.82. The molecule has 7 nitrogen and oxygen atoms in total. The summed E-state index contributed by atoms with van der Waals surface area (Å²) in [6, 6.07) is 0. The van der Waals surface area contributed by atoms with Gasteiger partial charge in [0, 0.05) is 32.0 Å². The normalized spacial score (nSPS) is 22.6. The Labute approximate surface area is 141 Å². The highest BCUT2D eigenvalue weighted by atomic mass is 16.5. The number of nitrogens with zero attached hydrogens (tertiary/aromatic N) is 2. The Morgan fingerprint density at radius 1 is 1.46 bits per heavy atom. The summed E-state index contributed by atoms with van der Waals surface area (Å²) in [5.74, 6) is 8.60. The van der Waals surface area contributed by atoms with Gasteiger partial charge >= 0.3 is 5.69 Å². The number of nitrogen functional groups attached to an aromatic ring is 1. The van der Waals surface area contributed by atoms with E-state index in [9.17, 15) is 9.90 Å². The lowest BCUT2D eigenvalue weighted by atomic mass is 10.2. The lowest BCUT2D eigenvalue weighted by molar-refractivity contribution is -0.0150. The minimum Gasteiger partial charge on any atom is -0.390 e. The summed E-state index contributed by atoms with van der Waals surface area (Å²) in [6.07, 6.45) is 8.41. The van der Waals surface area contributed by atoms with Crippen molar-refractivity contribution in [3.05, 3.63) is 22.2 Å². The van der Waals surface area contributed by atoms with Gasteiger partial charge in [-0.15, -0.1) is 12.3 Å². The molecule has 1 aromatic rings. The van der Waals surface area contributed by atoms with E-state index in [1.165, 1.54) is 10.8 Å². The summed E-state index contributed by atoms with van der Waals surface area (Å²) in [5, 5.41) is 9.87. The van der Waals surface area contributed by atoms with Gasteiger partial charge in [-0.1, -0.05) is 11.8 Å². The van der Waals surface area contributed by atoms with Gasteiger partial charge in [-0.05, 0) is 12.8 Å². The molecular formula is C17H22N4O3. The first-order valence-corrected chi connectivity index (χ1v) is 7.91. The van der Waals surface area contributed by atoms with Crippen LogP contribution in [0.4, 0.5) is 5.82 Å². The summed E-state index contributed by atoms with van der Waals surface area (Å²) < 4.78 is 6.90. The molecule has 1 aliphatic rings. The van der Waals surface area contributed by atoms with Crippen molar-refractivity contribution >= 4 is 5.82 Å². The van der Waals surface area contributed by atoms with Gasteiger partial charge in [0.15, 0.2) is 0 Å². The minimum absolute atomic E-state index is 0.0845. The van der Waals surface area contributed by atoms with Crippen LogP contribution in [0.3, 0.4) is 0 Å². The molecule has 0 aromatic carbocycles. The van der Waals surface area contributed by atoms with E-state index >= 15 is 0 Å². The molecule has 1 aromatic heterocycles. The molecule has 5 N–H and O–H groups in total. The quantitative estimate of drug-likeness (QED) is 0.516. The molecule has 1 saturated heterocycles. The zero-order valence-corrected chi connectivity index (χ0v) is 13.4. The van der Waals surface area contributed by atoms with E-state index in [0.717, 1.165) is 19.3 Å². The van der Waals surface area contributed by atoms with E-state index in [1.54, 1.807) is 0 Å². The van der Waals surface area contributed by atoms with Crippen molar-refractivity contribution in [1.29, 1.82) is 0 Å².